The molecule has 0 aliphatic carbocycles. The second-order valence-electron chi connectivity index (χ2n) is 4.73. The van der Waals surface area contributed by atoms with Crippen molar-refractivity contribution in [1.29, 1.82) is 0 Å². The quantitative estimate of drug-likeness (QED) is 0.743. The Morgan fingerprint density at radius 2 is 2.05 bits per heavy atom. The molecule has 0 fully saturated rings. The topological polar surface area (TPSA) is 38.3 Å². The second-order valence-corrected chi connectivity index (χ2v) is 6.39. The largest absolute Gasteiger partial charge is 0.484 e. The summed E-state index contributed by atoms with van der Waals surface area (Å²) in [6, 6.07) is 11.3. The lowest BCUT2D eigenvalue weighted by Gasteiger charge is -2.12. The Morgan fingerprint density at radius 1 is 1.29 bits per heavy atom. The number of hydrogen-bond acceptors (Lipinski definition) is 2. The molecule has 110 valence electrons. The maximum atomic E-state index is 12.0. The Morgan fingerprint density at radius 3 is 2.71 bits per heavy atom. The molecule has 0 aromatic heterocycles. The highest BCUT2D eigenvalue weighted by molar-refractivity contribution is 14.1. The van der Waals surface area contributed by atoms with E-state index in [0.717, 1.165) is 14.7 Å². The number of hydrogen-bond donors (Lipinski definition) is 1. The average molecular weight is 416 g/mol. The first-order valence-corrected chi connectivity index (χ1v) is 7.86. The molecule has 2 aromatic rings. The summed E-state index contributed by atoms with van der Waals surface area (Å²) in [7, 11) is 0. The fourth-order valence-corrected chi connectivity index (χ4v) is 2.84. The van der Waals surface area contributed by atoms with Gasteiger partial charge in [-0.05, 0) is 71.8 Å². The molecular weight excluding hydrogens is 401 g/mol. The van der Waals surface area contributed by atoms with E-state index < -0.39 is 0 Å². The first-order chi connectivity index (χ1) is 9.95. The van der Waals surface area contributed by atoms with Crippen LogP contribution in [0.4, 0.5) is 5.69 Å². The van der Waals surface area contributed by atoms with Crippen molar-refractivity contribution in [3.8, 4) is 5.75 Å². The first kappa shape index (κ1) is 16.1. The van der Waals surface area contributed by atoms with Crippen LogP contribution in [0.1, 0.15) is 11.1 Å². The summed E-state index contributed by atoms with van der Waals surface area (Å²) in [4.78, 5) is 12.0. The Labute approximate surface area is 142 Å². The minimum Gasteiger partial charge on any atom is -0.484 e. The highest BCUT2D eigenvalue weighted by Gasteiger charge is 2.10. The molecule has 3 nitrogen and oxygen atoms in total. The number of anilines is 1. The number of aryl methyl sites for hydroxylation is 2. The third-order valence-electron chi connectivity index (χ3n) is 2.86. The smallest absolute Gasteiger partial charge is 0.262 e. The summed E-state index contributed by atoms with van der Waals surface area (Å²) in [6.07, 6.45) is 0. The highest BCUT2D eigenvalue weighted by atomic mass is 127. The lowest BCUT2D eigenvalue weighted by Crippen LogP contribution is -2.21. The third-order valence-corrected chi connectivity index (χ3v) is 3.83. The van der Waals surface area contributed by atoms with Gasteiger partial charge in [-0.3, -0.25) is 4.79 Å². The maximum absolute atomic E-state index is 12.0. The van der Waals surface area contributed by atoms with Gasteiger partial charge < -0.3 is 10.1 Å². The minimum absolute atomic E-state index is 0.0518. The average Bonchev–Trinajstić information content (AvgIpc) is 2.40. The van der Waals surface area contributed by atoms with Gasteiger partial charge >= 0.3 is 0 Å². The fourth-order valence-electron chi connectivity index (χ4n) is 1.96. The third kappa shape index (κ3) is 4.61. The van der Waals surface area contributed by atoms with E-state index in [-0.39, 0.29) is 12.5 Å². The molecule has 0 saturated heterocycles. The van der Waals surface area contributed by atoms with Crippen LogP contribution in [0.2, 0.25) is 5.02 Å². The van der Waals surface area contributed by atoms with Gasteiger partial charge in [0.25, 0.3) is 5.91 Å². The molecule has 1 N–H and O–H groups in total. The number of nitrogens with one attached hydrogen (secondary N) is 1. The molecule has 0 atom stereocenters. The number of halogens is 2. The predicted molar refractivity (Wildman–Crippen MR) is 94.2 cm³/mol. The lowest BCUT2D eigenvalue weighted by atomic mass is 10.1. The molecule has 0 aliphatic heterocycles. The van der Waals surface area contributed by atoms with Gasteiger partial charge in [0.1, 0.15) is 5.75 Å². The Kier molecular flexibility index (Phi) is 5.47. The highest BCUT2D eigenvalue weighted by Crippen LogP contribution is 2.27. The zero-order chi connectivity index (χ0) is 15.4. The van der Waals surface area contributed by atoms with Gasteiger partial charge in [0.05, 0.1) is 10.7 Å². The SMILES string of the molecule is Cc1cc(C)c(NC(=O)COc2cccc(I)c2)c(Cl)c1. The molecule has 0 spiro atoms. The van der Waals surface area contributed by atoms with Crippen molar-refractivity contribution in [2.45, 2.75) is 13.8 Å². The summed E-state index contributed by atoms with van der Waals surface area (Å²) in [6.45, 7) is 3.82. The number of carbonyl (C=O) groups is 1. The van der Waals surface area contributed by atoms with Crippen LogP contribution in [0.5, 0.6) is 5.75 Å². The van der Waals surface area contributed by atoms with Crippen LogP contribution in [-0.4, -0.2) is 12.5 Å². The van der Waals surface area contributed by atoms with E-state index in [9.17, 15) is 4.79 Å². The van der Waals surface area contributed by atoms with Crippen LogP contribution in [0.3, 0.4) is 0 Å². The van der Waals surface area contributed by atoms with E-state index in [4.69, 9.17) is 16.3 Å². The van der Waals surface area contributed by atoms with Gasteiger partial charge in [0, 0.05) is 3.57 Å². The van der Waals surface area contributed by atoms with Crippen LogP contribution in [-0.2, 0) is 4.79 Å². The van der Waals surface area contributed by atoms with Crippen molar-refractivity contribution in [2.24, 2.45) is 0 Å². The summed E-state index contributed by atoms with van der Waals surface area (Å²) in [5.74, 6) is 0.437. The Balaban J connectivity index is 1.99. The molecule has 5 heteroatoms. The number of ether oxygens (including phenoxy) is 1. The Bertz CT molecular complexity index is 650. The van der Waals surface area contributed by atoms with Crippen molar-refractivity contribution in [3.63, 3.8) is 0 Å². The van der Waals surface area contributed by atoms with Crippen molar-refractivity contribution in [1.82, 2.24) is 0 Å². The summed E-state index contributed by atoms with van der Waals surface area (Å²) >= 11 is 8.36. The molecule has 21 heavy (non-hydrogen) atoms. The molecule has 2 rings (SSSR count). The number of rotatable bonds is 4. The van der Waals surface area contributed by atoms with Gasteiger partial charge in [0.2, 0.25) is 0 Å². The van der Waals surface area contributed by atoms with E-state index in [2.05, 4.69) is 27.9 Å². The molecule has 0 unspecified atom stereocenters. The number of carbonyl (C=O) groups excluding carboxylic acids is 1. The molecule has 0 bridgehead atoms. The van der Waals surface area contributed by atoms with Crippen molar-refractivity contribution in [2.75, 3.05) is 11.9 Å². The summed E-state index contributed by atoms with van der Waals surface area (Å²) < 4.78 is 6.52. The van der Waals surface area contributed by atoms with Gasteiger partial charge in [-0.15, -0.1) is 0 Å². The van der Waals surface area contributed by atoms with Crippen molar-refractivity contribution >= 4 is 45.8 Å². The molecular formula is C16H15ClINO2. The second kappa shape index (κ2) is 7.13. The van der Waals surface area contributed by atoms with Gasteiger partial charge in [0.15, 0.2) is 6.61 Å². The molecule has 2 aromatic carbocycles. The van der Waals surface area contributed by atoms with Gasteiger partial charge in [-0.25, -0.2) is 0 Å². The van der Waals surface area contributed by atoms with E-state index in [0.29, 0.717) is 16.5 Å². The predicted octanol–water partition coefficient (Wildman–Crippen LogP) is 4.58. The molecule has 0 saturated carbocycles. The van der Waals surface area contributed by atoms with Crippen molar-refractivity contribution in [3.05, 3.63) is 56.1 Å². The zero-order valence-electron chi connectivity index (χ0n) is 11.7. The van der Waals surface area contributed by atoms with Gasteiger partial charge in [-0.1, -0.05) is 23.7 Å². The van der Waals surface area contributed by atoms with Crippen LogP contribution in [0.15, 0.2) is 36.4 Å². The van der Waals surface area contributed by atoms with E-state index in [1.54, 1.807) is 0 Å². The van der Waals surface area contributed by atoms with E-state index in [1.165, 1.54) is 0 Å². The van der Waals surface area contributed by atoms with Crippen LogP contribution < -0.4 is 10.1 Å². The molecule has 0 aliphatic rings. The summed E-state index contributed by atoms with van der Waals surface area (Å²) in [5.41, 5.74) is 2.63. The van der Waals surface area contributed by atoms with E-state index >= 15 is 0 Å². The maximum Gasteiger partial charge on any atom is 0.262 e. The van der Waals surface area contributed by atoms with Gasteiger partial charge in [-0.2, -0.15) is 0 Å². The van der Waals surface area contributed by atoms with Crippen molar-refractivity contribution < 1.29 is 9.53 Å². The zero-order valence-corrected chi connectivity index (χ0v) is 14.7. The minimum atomic E-state index is -0.234. The van der Waals surface area contributed by atoms with Crippen LogP contribution in [0, 0.1) is 17.4 Å². The standard InChI is InChI=1S/C16H15ClINO2/c1-10-6-11(2)16(14(17)7-10)19-15(20)9-21-13-5-3-4-12(18)8-13/h3-8H,9H2,1-2H3,(H,19,20). The van der Waals surface area contributed by atoms with Crippen LogP contribution in [0.25, 0.3) is 0 Å². The first-order valence-electron chi connectivity index (χ1n) is 6.40. The summed E-state index contributed by atoms with van der Waals surface area (Å²) in [5, 5.41) is 3.33. The Hall–Kier alpha value is -1.27. The number of amides is 1. The lowest BCUT2D eigenvalue weighted by molar-refractivity contribution is -0.118. The molecule has 0 heterocycles. The molecule has 1 amide bonds. The van der Waals surface area contributed by atoms with E-state index in [1.807, 2.05) is 50.2 Å². The fraction of sp³-hybridized carbons (Fsp3) is 0.188. The molecule has 0 radical (unpaired) electrons. The van der Waals surface area contributed by atoms with Crippen LogP contribution >= 0.6 is 34.2 Å². The monoisotopic (exact) mass is 415 g/mol. The number of benzene rings is 2. The normalized spacial score (nSPS) is 10.3.